The number of nitrogen functional groups attached to an aromatic ring is 1. The van der Waals surface area contributed by atoms with Crippen LogP contribution in [0.15, 0.2) is 12.1 Å². The van der Waals surface area contributed by atoms with Crippen LogP contribution in [-0.2, 0) is 0 Å². The first-order chi connectivity index (χ1) is 9.02. The van der Waals surface area contributed by atoms with Crippen LogP contribution in [0.3, 0.4) is 0 Å². The fraction of sp³-hybridized carbons (Fsp3) is 0.462. The number of halogens is 2. The summed E-state index contributed by atoms with van der Waals surface area (Å²) >= 11 is 12.0. The number of piperazine rings is 1. The van der Waals surface area contributed by atoms with Crippen LogP contribution in [0.4, 0.5) is 5.69 Å². The van der Waals surface area contributed by atoms with Crippen molar-refractivity contribution in [1.29, 1.82) is 0 Å². The number of benzene rings is 1. The Balaban J connectivity index is 2.17. The molecule has 19 heavy (non-hydrogen) atoms. The quantitative estimate of drug-likeness (QED) is 0.853. The standard InChI is InChI=1S/C13H17Cl2N3O/c1-2-17-3-5-18(6-4-17)13(19)10-7-9(16)8-11(14)12(10)15/h7-8H,2-6,16H2,1H3. The van der Waals surface area contributed by atoms with Crippen molar-refractivity contribution in [2.24, 2.45) is 0 Å². The minimum atomic E-state index is -0.102. The first-order valence-electron chi connectivity index (χ1n) is 6.29. The maximum Gasteiger partial charge on any atom is 0.255 e. The third-order valence-electron chi connectivity index (χ3n) is 3.39. The Kier molecular flexibility index (Phi) is 4.55. The van der Waals surface area contributed by atoms with Crippen molar-refractivity contribution in [1.82, 2.24) is 9.80 Å². The van der Waals surface area contributed by atoms with E-state index in [0.29, 0.717) is 29.4 Å². The molecule has 0 aliphatic carbocycles. The summed E-state index contributed by atoms with van der Waals surface area (Å²) in [5, 5.41) is 0.594. The maximum absolute atomic E-state index is 12.4. The van der Waals surface area contributed by atoms with Crippen molar-refractivity contribution in [3.63, 3.8) is 0 Å². The Hall–Kier alpha value is -0.970. The van der Waals surface area contributed by atoms with Crippen LogP contribution in [-0.4, -0.2) is 48.4 Å². The lowest BCUT2D eigenvalue weighted by molar-refractivity contribution is 0.0643. The monoisotopic (exact) mass is 301 g/mol. The predicted octanol–water partition coefficient (Wildman–Crippen LogP) is 2.35. The summed E-state index contributed by atoms with van der Waals surface area (Å²) in [4.78, 5) is 16.5. The maximum atomic E-state index is 12.4. The Morgan fingerprint density at radius 1 is 1.26 bits per heavy atom. The van der Waals surface area contributed by atoms with Gasteiger partial charge in [0.1, 0.15) is 0 Å². The number of nitrogens with two attached hydrogens (primary N) is 1. The summed E-state index contributed by atoms with van der Waals surface area (Å²) in [6.45, 7) is 6.30. The van der Waals surface area contributed by atoms with E-state index in [1.54, 1.807) is 17.0 Å². The predicted molar refractivity (Wildman–Crippen MR) is 78.9 cm³/mol. The van der Waals surface area contributed by atoms with Crippen molar-refractivity contribution >= 4 is 34.8 Å². The molecule has 1 aromatic rings. The highest BCUT2D eigenvalue weighted by atomic mass is 35.5. The second kappa shape index (κ2) is 5.99. The Bertz CT molecular complexity index is 485. The van der Waals surface area contributed by atoms with Gasteiger partial charge in [-0.1, -0.05) is 30.1 Å². The third-order valence-corrected chi connectivity index (χ3v) is 4.19. The summed E-state index contributed by atoms with van der Waals surface area (Å²) < 4.78 is 0. The minimum Gasteiger partial charge on any atom is -0.399 e. The molecule has 0 saturated carbocycles. The fourth-order valence-corrected chi connectivity index (χ4v) is 2.62. The van der Waals surface area contributed by atoms with Gasteiger partial charge in [-0.3, -0.25) is 4.79 Å². The van der Waals surface area contributed by atoms with E-state index in [9.17, 15) is 4.79 Å². The molecule has 1 saturated heterocycles. The number of rotatable bonds is 2. The second-order valence-electron chi connectivity index (χ2n) is 4.59. The highest BCUT2D eigenvalue weighted by Crippen LogP contribution is 2.29. The molecule has 1 aromatic carbocycles. The first kappa shape index (κ1) is 14.4. The topological polar surface area (TPSA) is 49.6 Å². The molecule has 0 aromatic heterocycles. The van der Waals surface area contributed by atoms with Crippen LogP contribution in [0.25, 0.3) is 0 Å². The zero-order valence-electron chi connectivity index (χ0n) is 10.8. The van der Waals surface area contributed by atoms with Gasteiger partial charge in [-0.2, -0.15) is 0 Å². The van der Waals surface area contributed by atoms with Crippen molar-refractivity contribution in [2.45, 2.75) is 6.92 Å². The average molecular weight is 302 g/mol. The number of carbonyl (C=O) groups is 1. The molecule has 4 nitrogen and oxygen atoms in total. The van der Waals surface area contributed by atoms with Gasteiger partial charge in [-0.25, -0.2) is 0 Å². The first-order valence-corrected chi connectivity index (χ1v) is 7.04. The number of hydrogen-bond acceptors (Lipinski definition) is 3. The molecule has 1 aliphatic heterocycles. The molecular formula is C13H17Cl2N3O. The summed E-state index contributed by atoms with van der Waals surface area (Å²) in [5.74, 6) is -0.102. The Morgan fingerprint density at radius 2 is 1.89 bits per heavy atom. The summed E-state index contributed by atoms with van der Waals surface area (Å²) in [6.07, 6.45) is 0. The lowest BCUT2D eigenvalue weighted by Gasteiger charge is -2.34. The van der Waals surface area contributed by atoms with E-state index in [1.165, 1.54) is 0 Å². The van der Waals surface area contributed by atoms with Gasteiger partial charge in [0.15, 0.2) is 0 Å². The molecule has 104 valence electrons. The van der Waals surface area contributed by atoms with E-state index >= 15 is 0 Å². The Labute approximate surface area is 123 Å². The molecule has 0 spiro atoms. The van der Waals surface area contributed by atoms with Crippen LogP contribution in [0.2, 0.25) is 10.0 Å². The van der Waals surface area contributed by atoms with Gasteiger partial charge in [0.2, 0.25) is 0 Å². The molecular weight excluding hydrogens is 285 g/mol. The summed E-state index contributed by atoms with van der Waals surface area (Å²) in [7, 11) is 0. The molecule has 1 amide bonds. The number of anilines is 1. The molecule has 1 aliphatic rings. The van der Waals surface area contributed by atoms with Gasteiger partial charge in [-0.05, 0) is 18.7 Å². The van der Waals surface area contributed by atoms with Crippen LogP contribution >= 0.6 is 23.2 Å². The summed E-state index contributed by atoms with van der Waals surface area (Å²) in [6, 6.07) is 3.14. The summed E-state index contributed by atoms with van der Waals surface area (Å²) in [5.41, 5.74) is 6.55. The van der Waals surface area contributed by atoms with Crippen molar-refractivity contribution < 1.29 is 4.79 Å². The molecule has 6 heteroatoms. The molecule has 1 fully saturated rings. The number of amides is 1. The molecule has 2 N–H and O–H groups in total. The number of hydrogen-bond donors (Lipinski definition) is 1. The van der Waals surface area contributed by atoms with Crippen LogP contribution in [0, 0.1) is 0 Å². The van der Waals surface area contributed by atoms with E-state index in [0.717, 1.165) is 19.6 Å². The number of carbonyl (C=O) groups excluding carboxylic acids is 1. The minimum absolute atomic E-state index is 0.102. The number of likely N-dealkylation sites (N-methyl/N-ethyl adjacent to an activating group) is 1. The van der Waals surface area contributed by atoms with Crippen molar-refractivity contribution in [3.8, 4) is 0 Å². The highest BCUT2D eigenvalue weighted by molar-refractivity contribution is 6.44. The molecule has 1 heterocycles. The average Bonchev–Trinajstić information content (AvgIpc) is 2.42. The van der Waals surface area contributed by atoms with E-state index in [2.05, 4.69) is 11.8 Å². The molecule has 0 bridgehead atoms. The lowest BCUT2D eigenvalue weighted by Crippen LogP contribution is -2.48. The lowest BCUT2D eigenvalue weighted by atomic mass is 10.1. The molecule has 0 atom stereocenters. The Morgan fingerprint density at radius 3 is 2.47 bits per heavy atom. The SMILES string of the molecule is CCN1CCN(C(=O)c2cc(N)cc(Cl)c2Cl)CC1. The number of nitrogens with zero attached hydrogens (tertiary/aromatic N) is 2. The molecule has 2 rings (SSSR count). The zero-order chi connectivity index (χ0) is 14.0. The zero-order valence-corrected chi connectivity index (χ0v) is 12.3. The van der Waals surface area contributed by atoms with Crippen molar-refractivity contribution in [2.75, 3.05) is 38.5 Å². The van der Waals surface area contributed by atoms with Gasteiger partial charge < -0.3 is 15.5 Å². The van der Waals surface area contributed by atoms with E-state index in [1.807, 2.05) is 0 Å². The van der Waals surface area contributed by atoms with Gasteiger partial charge in [-0.15, -0.1) is 0 Å². The van der Waals surface area contributed by atoms with E-state index in [4.69, 9.17) is 28.9 Å². The molecule has 0 unspecified atom stereocenters. The van der Waals surface area contributed by atoms with Crippen LogP contribution in [0.1, 0.15) is 17.3 Å². The smallest absolute Gasteiger partial charge is 0.255 e. The van der Waals surface area contributed by atoms with Crippen molar-refractivity contribution in [3.05, 3.63) is 27.7 Å². The van der Waals surface area contributed by atoms with Gasteiger partial charge in [0.25, 0.3) is 5.91 Å². The van der Waals surface area contributed by atoms with Crippen LogP contribution < -0.4 is 5.73 Å². The highest BCUT2D eigenvalue weighted by Gasteiger charge is 2.24. The van der Waals surface area contributed by atoms with Gasteiger partial charge in [0.05, 0.1) is 15.6 Å². The van der Waals surface area contributed by atoms with E-state index < -0.39 is 0 Å². The normalized spacial score (nSPS) is 16.7. The molecule has 0 radical (unpaired) electrons. The van der Waals surface area contributed by atoms with Crippen LogP contribution in [0.5, 0.6) is 0 Å². The van der Waals surface area contributed by atoms with E-state index in [-0.39, 0.29) is 10.9 Å². The van der Waals surface area contributed by atoms with Gasteiger partial charge >= 0.3 is 0 Å². The third kappa shape index (κ3) is 3.14. The fourth-order valence-electron chi connectivity index (χ4n) is 2.20. The largest absolute Gasteiger partial charge is 0.399 e. The second-order valence-corrected chi connectivity index (χ2v) is 5.38. The van der Waals surface area contributed by atoms with Gasteiger partial charge in [0, 0.05) is 31.9 Å².